The average Bonchev–Trinajstić information content (AvgIpc) is 3.56. The van der Waals surface area contributed by atoms with E-state index >= 15 is 0 Å². The van der Waals surface area contributed by atoms with Gasteiger partial charge >= 0.3 is 5.97 Å². The molecule has 0 bridgehead atoms. The maximum absolute atomic E-state index is 13.0. The Balaban J connectivity index is 2.25. The van der Waals surface area contributed by atoms with E-state index < -0.39 is 17.3 Å². The van der Waals surface area contributed by atoms with Gasteiger partial charge in [0.15, 0.2) is 0 Å². The molecule has 0 spiro atoms. The molecular weight excluding hydrogens is 819 g/mol. The lowest BCUT2D eigenvalue weighted by Crippen LogP contribution is -2.44. The van der Waals surface area contributed by atoms with Crippen LogP contribution in [0.4, 0.5) is 0 Å². The maximum atomic E-state index is 13.0. The monoisotopic (exact) mass is 896 g/mol. The number of nitrogens with one attached hydrogen (secondary N) is 2. The van der Waals surface area contributed by atoms with Crippen LogP contribution in [0.1, 0.15) is 123 Å². The predicted octanol–water partition coefficient (Wildman–Crippen LogP) is 11.6. The second-order valence-electron chi connectivity index (χ2n) is 14.8. The molecule has 1 heterocycles. The molecular formula is C54H77N3O6S. The molecule has 10 heteroatoms. The smallest absolute Gasteiger partial charge is 0.329 e. The largest absolute Gasteiger partial charge is 0.467 e. The van der Waals surface area contributed by atoms with Crippen LogP contribution in [-0.2, 0) is 28.7 Å². The standard InChI is InChI=1S/C54H77N3O6S/c1-4-6-8-10-12-14-16-18-20-22-24-26-28-30-32-34-36-38-40-42-50(58)55-44-45-57-52(60)46-49(53(57)61)64-47-48(54(62)63-3)56-51(59)43-41-39-37-35-33-31-29-27-25-23-21-19-17-15-13-11-9-7-5-2/h6-9,12-15,18-21,24-27,30-33,36-39,48-49H,4-5,10-11,16-17,22-23,28-29,34-35,40-47H2,1-3H3,(H,55,58)(H,56,59)/b8-6-,9-7-,14-12-,15-13-,20-18-,21-19-,26-24-,27-25-,32-30-,33-31-,38-36-,39-37-/t48?,49-/m1/s1. The number of nitrogens with zero attached hydrogens (tertiary/aromatic N) is 1. The van der Waals surface area contributed by atoms with Crippen LogP contribution in [-0.4, -0.2) is 71.7 Å². The summed E-state index contributed by atoms with van der Waals surface area (Å²) in [5, 5.41) is 4.82. The lowest BCUT2D eigenvalue weighted by Gasteiger charge is -2.18. The molecule has 9 nitrogen and oxygen atoms in total. The van der Waals surface area contributed by atoms with Crippen LogP contribution in [0.25, 0.3) is 0 Å². The van der Waals surface area contributed by atoms with Crippen molar-refractivity contribution >= 4 is 41.4 Å². The fourth-order valence-electron chi connectivity index (χ4n) is 5.91. The predicted molar refractivity (Wildman–Crippen MR) is 269 cm³/mol. The average molecular weight is 896 g/mol. The van der Waals surface area contributed by atoms with Gasteiger partial charge in [0.05, 0.1) is 12.4 Å². The summed E-state index contributed by atoms with van der Waals surface area (Å²) in [6, 6.07) is -0.954. The number of amides is 4. The molecule has 2 atom stereocenters. The molecule has 1 aliphatic rings. The van der Waals surface area contributed by atoms with E-state index in [0.717, 1.165) is 93.7 Å². The zero-order chi connectivity index (χ0) is 46.6. The second kappa shape index (κ2) is 41.8. The van der Waals surface area contributed by atoms with Crippen molar-refractivity contribution in [1.29, 1.82) is 0 Å². The number of methoxy groups -OCH3 is 1. The van der Waals surface area contributed by atoms with E-state index in [1.807, 2.05) is 24.3 Å². The molecule has 1 rings (SSSR count). The number of esters is 1. The molecule has 0 radical (unpaired) electrons. The van der Waals surface area contributed by atoms with Crippen molar-refractivity contribution in [2.24, 2.45) is 0 Å². The Morgan fingerprint density at radius 1 is 0.578 bits per heavy atom. The van der Waals surface area contributed by atoms with Crippen molar-refractivity contribution in [1.82, 2.24) is 15.5 Å². The molecule has 1 fully saturated rings. The van der Waals surface area contributed by atoms with Gasteiger partial charge in [0, 0.05) is 38.1 Å². The quantitative estimate of drug-likeness (QED) is 0.0365. The van der Waals surface area contributed by atoms with E-state index in [4.69, 9.17) is 4.74 Å². The van der Waals surface area contributed by atoms with Gasteiger partial charge in [-0.1, -0.05) is 160 Å². The Kier molecular flexibility index (Phi) is 37.1. The van der Waals surface area contributed by atoms with Gasteiger partial charge in [-0.2, -0.15) is 0 Å². The Hall–Kier alpha value is -5.22. The minimum absolute atomic E-state index is 0.00927. The lowest BCUT2D eigenvalue weighted by atomic mass is 10.2. The first-order valence-electron chi connectivity index (χ1n) is 23.2. The van der Waals surface area contributed by atoms with Crippen molar-refractivity contribution in [3.8, 4) is 0 Å². The first kappa shape index (κ1) is 56.8. The summed E-state index contributed by atoms with van der Waals surface area (Å²) in [5.74, 6) is -1.68. The fraction of sp³-hybridized carbons (Fsp3) is 0.463. The van der Waals surface area contributed by atoms with Gasteiger partial charge in [0.25, 0.3) is 0 Å². The Morgan fingerprint density at radius 3 is 1.31 bits per heavy atom. The van der Waals surface area contributed by atoms with Gasteiger partial charge in [-0.25, -0.2) is 4.79 Å². The normalized spacial score (nSPS) is 15.9. The van der Waals surface area contributed by atoms with Crippen LogP contribution in [0.2, 0.25) is 0 Å². The van der Waals surface area contributed by atoms with Crippen molar-refractivity contribution in [2.45, 2.75) is 134 Å². The molecule has 0 aliphatic carbocycles. The van der Waals surface area contributed by atoms with E-state index in [1.165, 1.54) is 7.11 Å². The number of ether oxygens (including phenoxy) is 1. The number of hydrogen-bond acceptors (Lipinski definition) is 7. The zero-order valence-corrected chi connectivity index (χ0v) is 39.8. The fourth-order valence-corrected chi connectivity index (χ4v) is 7.09. The topological polar surface area (TPSA) is 122 Å². The van der Waals surface area contributed by atoms with Crippen molar-refractivity contribution in [3.05, 3.63) is 146 Å². The number of likely N-dealkylation sites (tertiary alicyclic amines) is 1. The Labute approximate surface area is 390 Å². The summed E-state index contributed by atoms with van der Waals surface area (Å²) < 4.78 is 4.89. The van der Waals surface area contributed by atoms with Crippen LogP contribution >= 0.6 is 11.8 Å². The van der Waals surface area contributed by atoms with Gasteiger partial charge in [-0.3, -0.25) is 24.1 Å². The Bertz CT molecular complexity index is 1690. The zero-order valence-electron chi connectivity index (χ0n) is 39.0. The number of carbonyl (C=O) groups is 5. The molecule has 2 N–H and O–H groups in total. The molecule has 0 saturated carbocycles. The van der Waals surface area contributed by atoms with Crippen molar-refractivity contribution < 1.29 is 28.7 Å². The Morgan fingerprint density at radius 2 is 0.938 bits per heavy atom. The molecule has 0 aromatic rings. The molecule has 350 valence electrons. The summed E-state index contributed by atoms with van der Waals surface area (Å²) in [7, 11) is 1.24. The molecule has 0 aromatic carbocycles. The summed E-state index contributed by atoms with van der Waals surface area (Å²) in [5.41, 5.74) is 0. The molecule has 1 aliphatic heterocycles. The lowest BCUT2D eigenvalue weighted by molar-refractivity contribution is -0.144. The number of imide groups is 1. The van der Waals surface area contributed by atoms with Gasteiger partial charge in [0.1, 0.15) is 6.04 Å². The van der Waals surface area contributed by atoms with Crippen LogP contribution in [0.5, 0.6) is 0 Å². The molecule has 4 amide bonds. The summed E-state index contributed by atoms with van der Waals surface area (Å²) >= 11 is 1.14. The second-order valence-corrected chi connectivity index (χ2v) is 16.0. The minimum atomic E-state index is -0.954. The van der Waals surface area contributed by atoms with Gasteiger partial charge in [0.2, 0.25) is 23.6 Å². The molecule has 64 heavy (non-hydrogen) atoms. The first-order chi connectivity index (χ1) is 31.3. The maximum Gasteiger partial charge on any atom is 0.329 e. The van der Waals surface area contributed by atoms with Crippen LogP contribution in [0, 0.1) is 0 Å². The van der Waals surface area contributed by atoms with Crippen LogP contribution in [0.15, 0.2) is 146 Å². The summed E-state index contributed by atoms with van der Waals surface area (Å²) in [4.78, 5) is 64.3. The molecule has 0 aromatic heterocycles. The van der Waals surface area contributed by atoms with Crippen molar-refractivity contribution in [2.75, 3.05) is 26.0 Å². The third-order valence-electron chi connectivity index (χ3n) is 9.41. The SMILES string of the molecule is CC/C=C\C/C=C\C/C=C\C/C=C\C/C=C\C/C=C\CCC(=O)NCCN1C(=O)C[C@@H](SCC(NC(=O)CC/C=C\C/C=C\C/C=C\C/C=C\C/C=C\C/C=C\CC)C(=O)OC)C1=O. The highest BCUT2D eigenvalue weighted by Crippen LogP contribution is 2.26. The van der Waals surface area contributed by atoms with Gasteiger partial charge in [-0.05, 0) is 89.9 Å². The van der Waals surface area contributed by atoms with Crippen LogP contribution in [0.3, 0.4) is 0 Å². The molecule has 1 saturated heterocycles. The van der Waals surface area contributed by atoms with E-state index in [9.17, 15) is 24.0 Å². The molecule has 1 unspecified atom stereocenters. The van der Waals surface area contributed by atoms with E-state index in [2.05, 4.69) is 146 Å². The highest BCUT2D eigenvalue weighted by Gasteiger charge is 2.39. The third-order valence-corrected chi connectivity index (χ3v) is 10.7. The summed E-state index contributed by atoms with van der Waals surface area (Å²) in [6.07, 6.45) is 64.0. The number of rotatable bonds is 36. The van der Waals surface area contributed by atoms with Crippen LogP contribution < -0.4 is 10.6 Å². The highest BCUT2D eigenvalue weighted by molar-refractivity contribution is 8.00. The van der Waals surface area contributed by atoms with Gasteiger partial charge in [-0.15, -0.1) is 11.8 Å². The number of thioether (sulfide) groups is 1. The van der Waals surface area contributed by atoms with Gasteiger partial charge < -0.3 is 15.4 Å². The first-order valence-corrected chi connectivity index (χ1v) is 24.3. The number of hydrogen-bond donors (Lipinski definition) is 2. The van der Waals surface area contributed by atoms with E-state index in [-0.39, 0.29) is 55.3 Å². The minimum Gasteiger partial charge on any atom is -0.467 e. The number of carbonyl (C=O) groups excluding carboxylic acids is 5. The highest BCUT2D eigenvalue weighted by atomic mass is 32.2. The third kappa shape index (κ3) is 32.5. The number of allylic oxidation sites excluding steroid dienone is 24. The van der Waals surface area contributed by atoms with E-state index in [1.54, 1.807) is 0 Å². The van der Waals surface area contributed by atoms with Crippen molar-refractivity contribution in [3.63, 3.8) is 0 Å². The van der Waals surface area contributed by atoms with E-state index in [0.29, 0.717) is 19.3 Å². The summed E-state index contributed by atoms with van der Waals surface area (Å²) in [6.45, 7) is 4.51.